The van der Waals surface area contributed by atoms with Crippen LogP contribution in [0.3, 0.4) is 0 Å². The van der Waals surface area contributed by atoms with Crippen LogP contribution in [-0.4, -0.2) is 55.7 Å². The van der Waals surface area contributed by atoms with Gasteiger partial charge < -0.3 is 30.3 Å². The van der Waals surface area contributed by atoms with Crippen molar-refractivity contribution in [1.29, 1.82) is 0 Å². The topological polar surface area (TPSA) is 128 Å². The van der Waals surface area contributed by atoms with E-state index >= 15 is 0 Å². The minimum absolute atomic E-state index is 0.279. The number of benzene rings is 3. The van der Waals surface area contributed by atoms with Crippen LogP contribution in [0.5, 0.6) is 5.75 Å². The first-order chi connectivity index (χ1) is 20.5. The molecule has 228 valence electrons. The molecule has 0 saturated heterocycles. The van der Waals surface area contributed by atoms with E-state index in [9.17, 15) is 28.7 Å². The number of rotatable bonds is 13. The molecule has 0 aliphatic carbocycles. The number of aliphatic carboxylic acids is 1. The molecule has 0 radical (unpaired) electrons. The summed E-state index contributed by atoms with van der Waals surface area (Å²) in [5, 5.41) is 14.4. The average Bonchev–Trinajstić information content (AvgIpc) is 2.98. The van der Waals surface area contributed by atoms with Gasteiger partial charge in [-0.3, -0.25) is 14.4 Å². The molecule has 3 rings (SSSR count). The number of halogens is 1. The first-order valence-electron chi connectivity index (χ1n) is 13.9. The summed E-state index contributed by atoms with van der Waals surface area (Å²) < 4.78 is 19.5. The van der Waals surface area contributed by atoms with Gasteiger partial charge in [-0.1, -0.05) is 44.2 Å². The molecule has 0 aliphatic heterocycles. The number of nitrogens with one attached hydrogen (secondary N) is 2. The molecule has 3 aromatic rings. The zero-order chi connectivity index (χ0) is 31.5. The van der Waals surface area contributed by atoms with E-state index in [0.717, 1.165) is 0 Å². The quantitative estimate of drug-likeness (QED) is 0.249. The summed E-state index contributed by atoms with van der Waals surface area (Å²) in [7, 11) is 1.52. The third kappa shape index (κ3) is 9.56. The van der Waals surface area contributed by atoms with Crippen LogP contribution in [0.1, 0.15) is 38.7 Å². The Morgan fingerprint density at radius 1 is 0.930 bits per heavy atom. The molecule has 0 spiro atoms. The Labute approximate surface area is 250 Å². The Hall–Kier alpha value is -4.93. The van der Waals surface area contributed by atoms with Gasteiger partial charge in [0.1, 0.15) is 11.6 Å². The fraction of sp³-hybridized carbons (Fsp3) is 0.312. The average molecular weight is 593 g/mol. The Kier molecular flexibility index (Phi) is 11.6. The van der Waals surface area contributed by atoms with Gasteiger partial charge in [-0.2, -0.15) is 0 Å². The van der Waals surface area contributed by atoms with E-state index in [4.69, 9.17) is 4.74 Å². The Morgan fingerprint density at radius 3 is 2.35 bits per heavy atom. The van der Waals surface area contributed by atoms with Crippen LogP contribution >= 0.6 is 0 Å². The molecule has 0 saturated carbocycles. The van der Waals surface area contributed by atoms with Crippen molar-refractivity contribution in [2.75, 3.05) is 41.9 Å². The highest BCUT2D eigenvalue weighted by atomic mass is 19.1. The van der Waals surface area contributed by atoms with Gasteiger partial charge in [0.15, 0.2) is 6.61 Å². The molecule has 0 aliphatic rings. The molecule has 43 heavy (non-hydrogen) atoms. The number of para-hydroxylation sites is 2. The van der Waals surface area contributed by atoms with Crippen LogP contribution in [0.15, 0.2) is 72.8 Å². The molecule has 10 nitrogen and oxygen atoms in total. The summed E-state index contributed by atoms with van der Waals surface area (Å²) in [4.78, 5) is 52.9. The van der Waals surface area contributed by atoms with E-state index in [0.29, 0.717) is 41.3 Å². The largest absolute Gasteiger partial charge is 0.482 e. The number of carboxylic acids is 1. The third-order valence-electron chi connectivity index (χ3n) is 6.72. The number of anilines is 3. The van der Waals surface area contributed by atoms with Crippen molar-refractivity contribution < 1.29 is 33.4 Å². The summed E-state index contributed by atoms with van der Waals surface area (Å²) in [6, 6.07) is 18.3. The Balaban J connectivity index is 1.69. The summed E-state index contributed by atoms with van der Waals surface area (Å²) >= 11 is 0. The van der Waals surface area contributed by atoms with E-state index in [-0.39, 0.29) is 19.1 Å². The monoisotopic (exact) mass is 592 g/mol. The van der Waals surface area contributed by atoms with Crippen LogP contribution in [0.2, 0.25) is 0 Å². The predicted molar refractivity (Wildman–Crippen MR) is 163 cm³/mol. The van der Waals surface area contributed by atoms with Crippen molar-refractivity contribution in [2.45, 2.75) is 33.1 Å². The number of nitrogens with zero attached hydrogens (tertiary/aromatic N) is 2. The van der Waals surface area contributed by atoms with Gasteiger partial charge in [-0.15, -0.1) is 0 Å². The van der Waals surface area contributed by atoms with Crippen LogP contribution < -0.4 is 25.2 Å². The van der Waals surface area contributed by atoms with Crippen LogP contribution in [0.4, 0.5) is 26.2 Å². The highest BCUT2D eigenvalue weighted by molar-refractivity contribution is 5.99. The molecule has 0 fully saturated rings. The molecule has 1 unspecified atom stereocenters. The number of carbonyl (C=O) groups is 4. The first-order valence-corrected chi connectivity index (χ1v) is 13.9. The van der Waals surface area contributed by atoms with Crippen molar-refractivity contribution >= 4 is 40.9 Å². The van der Waals surface area contributed by atoms with Gasteiger partial charge in [0.05, 0.1) is 18.2 Å². The first kappa shape index (κ1) is 32.6. The van der Waals surface area contributed by atoms with Gasteiger partial charge >= 0.3 is 12.0 Å². The maximum Gasteiger partial charge on any atom is 0.319 e. The zero-order valence-electron chi connectivity index (χ0n) is 24.7. The number of likely N-dealkylation sites (N-methyl/N-ethyl adjacent to an activating group) is 1. The Bertz CT molecular complexity index is 1450. The second kappa shape index (κ2) is 15.3. The van der Waals surface area contributed by atoms with Gasteiger partial charge in [0.2, 0.25) is 5.91 Å². The molecular formula is C32H37FN4O6. The van der Waals surface area contributed by atoms with Gasteiger partial charge in [-0.25, -0.2) is 9.18 Å². The summed E-state index contributed by atoms with van der Waals surface area (Å²) in [6.45, 7) is 5.26. The number of hydrogen-bond donors (Lipinski definition) is 3. The summed E-state index contributed by atoms with van der Waals surface area (Å²) in [5.41, 5.74) is 1.73. The van der Waals surface area contributed by atoms with Crippen molar-refractivity contribution in [2.24, 2.45) is 5.92 Å². The predicted octanol–water partition coefficient (Wildman–Crippen LogP) is 5.26. The van der Waals surface area contributed by atoms with Crippen molar-refractivity contribution in [3.05, 3.63) is 84.2 Å². The van der Waals surface area contributed by atoms with Crippen molar-refractivity contribution in [1.82, 2.24) is 5.32 Å². The number of hydrogen-bond acceptors (Lipinski definition) is 5. The molecule has 11 heteroatoms. The molecule has 3 aromatic carbocycles. The van der Waals surface area contributed by atoms with Gasteiger partial charge in [-0.05, 0) is 67.3 Å². The lowest BCUT2D eigenvalue weighted by atomic mass is 10.0. The fourth-order valence-corrected chi connectivity index (χ4v) is 4.09. The van der Waals surface area contributed by atoms with Crippen LogP contribution in [0.25, 0.3) is 0 Å². The van der Waals surface area contributed by atoms with Crippen LogP contribution in [-0.2, 0) is 14.4 Å². The second-order valence-electron chi connectivity index (χ2n) is 10.4. The molecular weight excluding hydrogens is 555 g/mol. The van der Waals surface area contributed by atoms with Gasteiger partial charge in [0, 0.05) is 25.0 Å². The Morgan fingerprint density at radius 2 is 1.65 bits per heavy atom. The van der Waals surface area contributed by atoms with E-state index < -0.39 is 35.5 Å². The van der Waals surface area contributed by atoms with Crippen LogP contribution in [0, 0.1) is 11.7 Å². The number of carbonyl (C=O) groups excluding carboxylic acids is 3. The summed E-state index contributed by atoms with van der Waals surface area (Å²) in [5.74, 6) is -2.44. The fourth-order valence-electron chi connectivity index (χ4n) is 4.09. The van der Waals surface area contributed by atoms with Gasteiger partial charge in [0.25, 0.3) is 5.91 Å². The highest BCUT2D eigenvalue weighted by Gasteiger charge is 2.22. The molecule has 0 aromatic heterocycles. The molecule has 4 amide bonds. The third-order valence-corrected chi connectivity index (χ3v) is 6.72. The maximum absolute atomic E-state index is 13.6. The highest BCUT2D eigenvalue weighted by Crippen LogP contribution is 2.29. The van der Waals surface area contributed by atoms with Crippen molar-refractivity contribution in [3.63, 3.8) is 0 Å². The molecule has 3 N–H and O–H groups in total. The minimum atomic E-state index is -0.985. The minimum Gasteiger partial charge on any atom is -0.482 e. The lowest BCUT2D eigenvalue weighted by Gasteiger charge is -2.26. The number of amides is 4. The standard InChI is InChI=1S/C32H37FN4O6/c1-21(2)15-16-37(29(38)19-34-32(42)35-25-11-7-9-23(17-25)22(3)31(40)41)27-13-5-6-14-28(27)43-20-30(39)36(4)26-12-8-10-24(33)18-26/h5-14,17-18,21-22H,15-16,19-20H2,1-4H3,(H,40,41)(H2,34,35,42). The number of carboxylic acid groups (broad SMARTS) is 1. The maximum atomic E-state index is 13.6. The molecule has 0 bridgehead atoms. The normalized spacial score (nSPS) is 11.4. The lowest BCUT2D eigenvalue weighted by molar-refractivity contribution is -0.138. The number of ether oxygens (including phenoxy) is 1. The zero-order valence-corrected chi connectivity index (χ0v) is 24.7. The molecule has 1 atom stereocenters. The summed E-state index contributed by atoms with van der Waals surface area (Å²) in [6.07, 6.45) is 0.669. The van der Waals surface area contributed by atoms with E-state index in [1.54, 1.807) is 61.5 Å². The van der Waals surface area contributed by atoms with Crippen molar-refractivity contribution in [3.8, 4) is 5.75 Å². The SMILES string of the molecule is CC(C)CCN(C(=O)CNC(=O)Nc1cccc(C(C)C(=O)O)c1)c1ccccc1OCC(=O)N(C)c1cccc(F)c1. The van der Waals surface area contributed by atoms with E-state index in [1.165, 1.54) is 35.0 Å². The molecule has 0 heterocycles. The smallest absolute Gasteiger partial charge is 0.319 e. The lowest BCUT2D eigenvalue weighted by Crippen LogP contribution is -2.42. The number of urea groups is 1. The second-order valence-corrected chi connectivity index (χ2v) is 10.4. The van der Waals surface area contributed by atoms with E-state index in [1.807, 2.05) is 13.8 Å². The van der Waals surface area contributed by atoms with E-state index in [2.05, 4.69) is 10.6 Å².